The number of nitrogens with zero attached hydrogens (tertiary/aromatic N) is 2. The van der Waals surface area contributed by atoms with Gasteiger partial charge in [-0.2, -0.15) is 0 Å². The lowest BCUT2D eigenvalue weighted by Crippen LogP contribution is -2.47. The molecular weight excluding hydrogens is 338 g/mol. The molecule has 1 aliphatic carbocycles. The maximum Gasteiger partial charge on any atom is 0.250 e. The number of carbonyl (C=O) groups excluding carboxylic acids is 1. The quantitative estimate of drug-likeness (QED) is 0.776. The number of rotatable bonds is 4. The van der Waals surface area contributed by atoms with Crippen molar-refractivity contribution >= 4 is 22.6 Å². The number of benzene rings is 1. The van der Waals surface area contributed by atoms with E-state index in [0.717, 1.165) is 37.1 Å². The van der Waals surface area contributed by atoms with E-state index in [9.17, 15) is 4.79 Å². The van der Waals surface area contributed by atoms with Gasteiger partial charge < -0.3 is 16.4 Å². The number of para-hydroxylation sites is 1. The molecule has 1 aliphatic heterocycles. The Bertz CT molecular complexity index is 920. The number of aryl methyl sites for hydroxylation is 1. The van der Waals surface area contributed by atoms with Crippen molar-refractivity contribution in [2.45, 2.75) is 25.8 Å². The van der Waals surface area contributed by atoms with Crippen LogP contribution in [0.15, 0.2) is 42.5 Å². The van der Waals surface area contributed by atoms with Crippen LogP contribution in [0.25, 0.3) is 10.9 Å². The minimum absolute atomic E-state index is 0.259. The van der Waals surface area contributed by atoms with E-state index in [4.69, 9.17) is 5.73 Å². The Morgan fingerprint density at radius 1 is 1.30 bits per heavy atom. The molecule has 1 amide bonds. The van der Waals surface area contributed by atoms with Crippen LogP contribution in [-0.4, -0.2) is 35.0 Å². The number of nitrogens with one attached hydrogen (secondary N) is 2. The lowest BCUT2D eigenvalue weighted by molar-refractivity contribution is 0.100. The predicted octanol–water partition coefficient (Wildman–Crippen LogP) is 2.56. The molecule has 6 heteroatoms. The molecule has 2 heterocycles. The van der Waals surface area contributed by atoms with E-state index in [1.165, 1.54) is 0 Å². The zero-order valence-corrected chi connectivity index (χ0v) is 15.5. The number of allylic oxidation sites excluding steroid dienone is 4. The Morgan fingerprint density at radius 3 is 2.96 bits per heavy atom. The first-order valence-corrected chi connectivity index (χ1v) is 9.51. The van der Waals surface area contributed by atoms with E-state index < -0.39 is 5.91 Å². The van der Waals surface area contributed by atoms with Crippen molar-refractivity contribution in [1.29, 1.82) is 0 Å². The van der Waals surface area contributed by atoms with Gasteiger partial charge in [0.05, 0.1) is 11.1 Å². The third-order valence-electron chi connectivity index (χ3n) is 5.53. The summed E-state index contributed by atoms with van der Waals surface area (Å²) in [5.74, 6) is 1.98. The average molecular weight is 363 g/mol. The molecule has 0 radical (unpaired) electrons. The fourth-order valence-corrected chi connectivity index (χ4v) is 4.21. The summed E-state index contributed by atoms with van der Waals surface area (Å²) in [4.78, 5) is 20.9. The summed E-state index contributed by atoms with van der Waals surface area (Å²) < 4.78 is 0. The monoisotopic (exact) mass is 363 g/mol. The fourth-order valence-electron chi connectivity index (χ4n) is 4.21. The minimum atomic E-state index is -0.471. The lowest BCUT2D eigenvalue weighted by atomic mass is 9.78. The number of piperidine rings is 1. The highest BCUT2D eigenvalue weighted by Gasteiger charge is 2.31. The molecular formula is C21H25N5O. The second-order valence-electron chi connectivity index (χ2n) is 7.31. The summed E-state index contributed by atoms with van der Waals surface area (Å²) >= 11 is 0. The van der Waals surface area contributed by atoms with Crippen LogP contribution >= 0.6 is 0 Å². The summed E-state index contributed by atoms with van der Waals surface area (Å²) in [6.45, 7) is 3.76. The van der Waals surface area contributed by atoms with E-state index >= 15 is 0 Å². The Morgan fingerprint density at radius 2 is 2.19 bits per heavy atom. The highest BCUT2D eigenvalue weighted by molar-refractivity contribution is 6.07. The van der Waals surface area contributed by atoms with Crippen molar-refractivity contribution in [1.82, 2.24) is 15.3 Å². The second-order valence-corrected chi connectivity index (χ2v) is 7.31. The van der Waals surface area contributed by atoms with E-state index in [1.807, 2.05) is 19.1 Å². The number of hydrogen-bond donors (Lipinski definition) is 3. The van der Waals surface area contributed by atoms with E-state index in [-0.39, 0.29) is 6.04 Å². The molecule has 1 saturated heterocycles. The van der Waals surface area contributed by atoms with E-state index in [0.29, 0.717) is 28.7 Å². The Kier molecular flexibility index (Phi) is 4.90. The number of primary amides is 1. The summed E-state index contributed by atoms with van der Waals surface area (Å²) in [5, 5.41) is 7.98. The topological polar surface area (TPSA) is 92.9 Å². The molecule has 3 atom stereocenters. The maximum atomic E-state index is 11.8. The summed E-state index contributed by atoms with van der Waals surface area (Å²) in [6.07, 6.45) is 11.0. The molecule has 1 aromatic carbocycles. The molecule has 27 heavy (non-hydrogen) atoms. The highest BCUT2D eigenvalue weighted by atomic mass is 16.1. The smallest absolute Gasteiger partial charge is 0.250 e. The van der Waals surface area contributed by atoms with Gasteiger partial charge >= 0.3 is 0 Å². The largest absolute Gasteiger partial charge is 0.366 e. The van der Waals surface area contributed by atoms with Gasteiger partial charge in [0.15, 0.2) is 0 Å². The minimum Gasteiger partial charge on any atom is -0.366 e. The van der Waals surface area contributed by atoms with Gasteiger partial charge in [0.25, 0.3) is 5.91 Å². The third-order valence-corrected chi connectivity index (χ3v) is 5.53. The van der Waals surface area contributed by atoms with Gasteiger partial charge in [0.1, 0.15) is 11.6 Å². The summed E-state index contributed by atoms with van der Waals surface area (Å²) in [5.41, 5.74) is 6.58. The molecule has 6 nitrogen and oxygen atoms in total. The van der Waals surface area contributed by atoms with Gasteiger partial charge in [-0.3, -0.25) is 4.79 Å². The van der Waals surface area contributed by atoms with Crippen molar-refractivity contribution in [3.63, 3.8) is 0 Å². The molecule has 4 N–H and O–H groups in total. The SMILES string of the molecule is Cc1nc(N[C@@H]2CNCC[C@H]2C2C=CC=CC2)c2cccc(C(N)=O)c2n1. The van der Waals surface area contributed by atoms with Gasteiger partial charge in [0, 0.05) is 18.0 Å². The van der Waals surface area contributed by atoms with Crippen LogP contribution in [0.5, 0.6) is 0 Å². The number of carbonyl (C=O) groups is 1. The molecule has 0 spiro atoms. The van der Waals surface area contributed by atoms with Gasteiger partial charge in [-0.25, -0.2) is 9.97 Å². The Hall–Kier alpha value is -2.73. The molecule has 0 saturated carbocycles. The van der Waals surface area contributed by atoms with Gasteiger partial charge in [0.2, 0.25) is 0 Å². The molecule has 1 fully saturated rings. The zero-order chi connectivity index (χ0) is 18.8. The lowest BCUT2D eigenvalue weighted by Gasteiger charge is -2.37. The van der Waals surface area contributed by atoms with Crippen LogP contribution in [-0.2, 0) is 0 Å². The number of hydrogen-bond acceptors (Lipinski definition) is 5. The number of anilines is 1. The van der Waals surface area contributed by atoms with Crippen LogP contribution in [0.3, 0.4) is 0 Å². The number of nitrogens with two attached hydrogens (primary N) is 1. The average Bonchev–Trinajstić information content (AvgIpc) is 2.68. The Labute approximate surface area is 159 Å². The van der Waals surface area contributed by atoms with Crippen LogP contribution in [0, 0.1) is 18.8 Å². The summed E-state index contributed by atoms with van der Waals surface area (Å²) in [6, 6.07) is 5.75. The van der Waals surface area contributed by atoms with Gasteiger partial charge in [-0.1, -0.05) is 30.4 Å². The van der Waals surface area contributed by atoms with Crippen LogP contribution in [0.4, 0.5) is 5.82 Å². The zero-order valence-electron chi connectivity index (χ0n) is 15.5. The number of amides is 1. The van der Waals surface area contributed by atoms with Crippen molar-refractivity contribution < 1.29 is 4.79 Å². The van der Waals surface area contributed by atoms with Gasteiger partial charge in [-0.05, 0) is 50.3 Å². The maximum absolute atomic E-state index is 11.8. The third kappa shape index (κ3) is 3.57. The highest BCUT2D eigenvalue weighted by Crippen LogP contribution is 2.32. The van der Waals surface area contributed by atoms with Crippen molar-refractivity contribution in [2.75, 3.05) is 18.4 Å². The fraction of sp³-hybridized carbons (Fsp3) is 0.381. The normalized spacial score (nSPS) is 24.9. The van der Waals surface area contributed by atoms with Crippen molar-refractivity contribution in [3.8, 4) is 0 Å². The molecule has 0 bridgehead atoms. The molecule has 1 unspecified atom stereocenters. The molecule has 4 rings (SSSR count). The van der Waals surface area contributed by atoms with Crippen molar-refractivity contribution in [3.05, 3.63) is 53.9 Å². The standard InChI is InChI=1S/C21H25N5O/c1-13-24-19-16(20(22)27)8-5-9-17(19)21(25-13)26-18-12-23-11-10-15(18)14-6-3-2-4-7-14/h2-6,8-9,14-15,18,23H,7,10-12H2,1H3,(H2,22,27)(H,24,25,26)/t14?,15-,18+/m0/s1. The van der Waals surface area contributed by atoms with Crippen molar-refractivity contribution in [2.24, 2.45) is 17.6 Å². The van der Waals surface area contributed by atoms with Crippen LogP contribution in [0.2, 0.25) is 0 Å². The predicted molar refractivity (Wildman–Crippen MR) is 108 cm³/mol. The first-order chi connectivity index (χ1) is 13.1. The number of fused-ring (bicyclic) bond motifs is 1. The first-order valence-electron chi connectivity index (χ1n) is 9.51. The van der Waals surface area contributed by atoms with Crippen LogP contribution < -0.4 is 16.4 Å². The van der Waals surface area contributed by atoms with Crippen LogP contribution in [0.1, 0.15) is 29.0 Å². The van der Waals surface area contributed by atoms with Gasteiger partial charge in [-0.15, -0.1) is 0 Å². The Balaban J connectivity index is 1.69. The molecule has 140 valence electrons. The summed E-state index contributed by atoms with van der Waals surface area (Å²) in [7, 11) is 0. The van der Waals surface area contributed by atoms with E-state index in [2.05, 4.69) is 44.9 Å². The second kappa shape index (κ2) is 7.48. The molecule has 2 aromatic rings. The molecule has 2 aliphatic rings. The first kappa shape index (κ1) is 17.7. The van der Waals surface area contributed by atoms with E-state index in [1.54, 1.807) is 6.07 Å². The molecule has 1 aromatic heterocycles. The number of aromatic nitrogens is 2.